The average molecular weight is 567 g/mol. The zero-order valence-electron chi connectivity index (χ0n) is 21.8. The first kappa shape index (κ1) is 27.2. The van der Waals surface area contributed by atoms with E-state index in [-0.39, 0.29) is 47.6 Å². The van der Waals surface area contributed by atoms with Gasteiger partial charge in [-0.15, -0.1) is 0 Å². The van der Waals surface area contributed by atoms with Crippen molar-refractivity contribution in [3.63, 3.8) is 0 Å². The zero-order valence-corrected chi connectivity index (χ0v) is 22.6. The molecule has 4 aromatic rings. The summed E-state index contributed by atoms with van der Waals surface area (Å²) < 4.78 is 51.8. The van der Waals surface area contributed by atoms with Crippen molar-refractivity contribution in [1.82, 2.24) is 5.32 Å². The predicted octanol–water partition coefficient (Wildman–Crippen LogP) is 5.51. The van der Waals surface area contributed by atoms with Crippen LogP contribution in [0, 0.1) is 5.82 Å². The lowest BCUT2D eigenvalue weighted by Gasteiger charge is -2.25. The number of hydrogen-bond acceptors (Lipinski definition) is 6. The monoisotopic (exact) mass is 566 g/mol. The minimum absolute atomic E-state index is 0.0124. The molecule has 0 atom stereocenters. The van der Waals surface area contributed by atoms with E-state index >= 15 is 0 Å². The highest BCUT2D eigenvalue weighted by Crippen LogP contribution is 2.48. The van der Waals surface area contributed by atoms with E-state index in [1.54, 1.807) is 36.4 Å². The van der Waals surface area contributed by atoms with Crippen molar-refractivity contribution >= 4 is 38.6 Å². The van der Waals surface area contributed by atoms with Crippen LogP contribution in [-0.2, 0) is 14.8 Å². The van der Waals surface area contributed by atoms with Gasteiger partial charge in [-0.2, -0.15) is 0 Å². The molecule has 9 nitrogen and oxygen atoms in total. The van der Waals surface area contributed by atoms with Gasteiger partial charge in [-0.05, 0) is 78.9 Å². The van der Waals surface area contributed by atoms with Crippen LogP contribution in [0.5, 0.6) is 11.5 Å². The number of halogens is 1. The number of benzene rings is 3. The Balaban J connectivity index is 1.56. The molecule has 0 bridgehead atoms. The number of carboxylic acid groups (broad SMARTS) is 1. The molecule has 0 unspecified atom stereocenters. The second kappa shape index (κ2) is 10.6. The molecule has 5 rings (SSSR count). The number of nitrogens with zero attached hydrogens (tertiary/aromatic N) is 1. The summed E-state index contributed by atoms with van der Waals surface area (Å²) in [4.78, 5) is 23.8. The Morgan fingerprint density at radius 2 is 1.70 bits per heavy atom. The van der Waals surface area contributed by atoms with E-state index in [9.17, 15) is 27.5 Å². The van der Waals surface area contributed by atoms with Crippen LogP contribution in [0.1, 0.15) is 41.6 Å². The molecule has 0 aliphatic heterocycles. The minimum Gasteiger partial charge on any atom is -0.478 e. The first-order valence-corrected chi connectivity index (χ1v) is 14.5. The van der Waals surface area contributed by atoms with E-state index in [1.165, 1.54) is 35.5 Å². The van der Waals surface area contributed by atoms with Crippen LogP contribution in [0.2, 0.25) is 0 Å². The van der Waals surface area contributed by atoms with Crippen molar-refractivity contribution in [3.8, 4) is 22.8 Å². The fraction of sp³-hybridized carbons (Fsp3) is 0.241. The lowest BCUT2D eigenvalue weighted by molar-refractivity contribution is -0.118. The number of fused-ring (bicyclic) bond motifs is 1. The Hall–Kier alpha value is -4.38. The fourth-order valence-electron chi connectivity index (χ4n) is 4.61. The summed E-state index contributed by atoms with van der Waals surface area (Å²) in [5, 5.41) is 13.1. The third kappa shape index (κ3) is 5.79. The smallest absolute Gasteiger partial charge is 0.340 e. The number of anilines is 1. The van der Waals surface area contributed by atoms with Gasteiger partial charge in [-0.25, -0.2) is 17.6 Å². The van der Waals surface area contributed by atoms with Gasteiger partial charge in [-0.1, -0.05) is 0 Å². The van der Waals surface area contributed by atoms with Gasteiger partial charge in [-0.3, -0.25) is 9.10 Å². The summed E-state index contributed by atoms with van der Waals surface area (Å²) in [5.74, 6) is -0.717. The van der Waals surface area contributed by atoms with Gasteiger partial charge in [0.25, 0.3) is 0 Å². The number of furan rings is 1. The normalized spacial score (nSPS) is 13.3. The molecular formula is C29H27FN2O7S. The maximum Gasteiger partial charge on any atom is 0.340 e. The largest absolute Gasteiger partial charge is 0.478 e. The van der Waals surface area contributed by atoms with E-state index in [0.29, 0.717) is 28.1 Å². The van der Waals surface area contributed by atoms with Gasteiger partial charge in [0.1, 0.15) is 34.2 Å². The zero-order chi connectivity index (χ0) is 28.6. The number of aromatic carboxylic acids is 1. The van der Waals surface area contributed by atoms with Crippen molar-refractivity contribution in [2.24, 2.45) is 0 Å². The van der Waals surface area contributed by atoms with E-state index in [2.05, 4.69) is 5.32 Å². The molecule has 1 amide bonds. The van der Waals surface area contributed by atoms with E-state index in [1.807, 2.05) is 0 Å². The summed E-state index contributed by atoms with van der Waals surface area (Å²) >= 11 is 0. The molecule has 3 aromatic carbocycles. The molecular weight excluding hydrogens is 539 g/mol. The van der Waals surface area contributed by atoms with E-state index < -0.39 is 16.0 Å². The van der Waals surface area contributed by atoms with Crippen molar-refractivity contribution in [3.05, 3.63) is 77.6 Å². The molecule has 1 aliphatic carbocycles. The summed E-state index contributed by atoms with van der Waals surface area (Å²) in [5.41, 5.74) is 1.81. The molecule has 1 heterocycles. The third-order valence-electron chi connectivity index (χ3n) is 6.59. The SMILES string of the molecule is CC(=O)NCCN(c1cc2oc(-c3ccc(Oc4ccc(F)cc4)cc3)c(C(=O)O)c2cc1C1CC1)S(C)(=O)=O. The second-order valence-electron chi connectivity index (χ2n) is 9.69. The molecule has 1 fully saturated rings. The van der Waals surface area contributed by atoms with Gasteiger partial charge in [0.15, 0.2) is 0 Å². The summed E-state index contributed by atoms with van der Waals surface area (Å²) in [7, 11) is -3.73. The number of sulfonamides is 1. The number of amides is 1. The molecule has 2 N–H and O–H groups in total. The van der Waals surface area contributed by atoms with E-state index in [0.717, 1.165) is 24.7 Å². The van der Waals surface area contributed by atoms with Crippen LogP contribution >= 0.6 is 0 Å². The summed E-state index contributed by atoms with van der Waals surface area (Å²) in [6.45, 7) is 1.48. The summed E-state index contributed by atoms with van der Waals surface area (Å²) in [6.07, 6.45) is 2.79. The predicted molar refractivity (Wildman–Crippen MR) is 148 cm³/mol. The average Bonchev–Trinajstić information content (AvgIpc) is 3.67. The standard InChI is InChI=1S/C29H27FN2O7S/c1-17(33)31-13-14-32(40(2,36)37)25-16-26-24(15-23(25)18-3-4-18)27(29(34)35)28(39-26)19-5-9-21(10-6-19)38-22-11-7-20(30)8-12-22/h5-12,15-16,18H,3-4,13-14H2,1-2H3,(H,31,33)(H,34,35). The highest BCUT2D eigenvalue weighted by atomic mass is 32.2. The molecule has 0 radical (unpaired) electrons. The van der Waals surface area contributed by atoms with Crippen LogP contribution in [0.3, 0.4) is 0 Å². The topological polar surface area (TPSA) is 126 Å². The quantitative estimate of drug-likeness (QED) is 0.259. The van der Waals surface area contributed by atoms with Gasteiger partial charge >= 0.3 is 5.97 Å². The highest BCUT2D eigenvalue weighted by Gasteiger charge is 2.33. The first-order chi connectivity index (χ1) is 19.0. The van der Waals surface area contributed by atoms with Gasteiger partial charge in [0, 0.05) is 30.5 Å². The first-order valence-electron chi connectivity index (χ1n) is 12.6. The molecule has 1 aromatic heterocycles. The van der Waals surface area contributed by atoms with Gasteiger partial charge < -0.3 is 19.6 Å². The Bertz CT molecular complexity index is 1690. The Morgan fingerprint density at radius 3 is 2.25 bits per heavy atom. The van der Waals surface area contributed by atoms with Crippen molar-refractivity contribution in [2.45, 2.75) is 25.7 Å². The number of nitrogens with one attached hydrogen (secondary N) is 1. The van der Waals surface area contributed by atoms with Crippen LogP contribution in [0.25, 0.3) is 22.3 Å². The van der Waals surface area contributed by atoms with Crippen molar-refractivity contribution in [1.29, 1.82) is 0 Å². The number of carboxylic acids is 1. The lowest BCUT2D eigenvalue weighted by Crippen LogP contribution is -2.38. The van der Waals surface area contributed by atoms with E-state index in [4.69, 9.17) is 9.15 Å². The Kier molecular flexibility index (Phi) is 7.24. The van der Waals surface area contributed by atoms with Crippen LogP contribution in [0.15, 0.2) is 65.1 Å². The molecule has 11 heteroatoms. The Labute approximate surface area is 230 Å². The maximum atomic E-state index is 13.2. The molecule has 1 aliphatic rings. The molecule has 1 saturated carbocycles. The minimum atomic E-state index is -3.73. The molecule has 0 spiro atoms. The number of rotatable bonds is 10. The molecule has 40 heavy (non-hydrogen) atoms. The second-order valence-corrected chi connectivity index (χ2v) is 11.6. The van der Waals surface area contributed by atoms with Crippen LogP contribution in [-0.4, -0.2) is 44.7 Å². The molecule has 0 saturated heterocycles. The number of hydrogen-bond donors (Lipinski definition) is 2. The highest BCUT2D eigenvalue weighted by molar-refractivity contribution is 7.92. The number of carbonyl (C=O) groups is 2. The fourth-order valence-corrected chi connectivity index (χ4v) is 5.55. The van der Waals surface area contributed by atoms with Crippen LogP contribution < -0.4 is 14.4 Å². The maximum absolute atomic E-state index is 13.2. The number of carbonyl (C=O) groups excluding carboxylic acids is 1. The van der Waals surface area contributed by atoms with Gasteiger partial charge in [0.05, 0.1) is 18.5 Å². The van der Waals surface area contributed by atoms with Crippen LogP contribution in [0.4, 0.5) is 10.1 Å². The lowest BCUT2D eigenvalue weighted by atomic mass is 10.0. The third-order valence-corrected chi connectivity index (χ3v) is 7.77. The van der Waals surface area contributed by atoms with Crippen molar-refractivity contribution in [2.75, 3.05) is 23.7 Å². The summed E-state index contributed by atoms with van der Waals surface area (Å²) in [6, 6.07) is 15.4. The Morgan fingerprint density at radius 1 is 1.07 bits per heavy atom. The van der Waals surface area contributed by atoms with Crippen molar-refractivity contribution < 1.29 is 36.7 Å². The number of ether oxygens (including phenoxy) is 1. The van der Waals surface area contributed by atoms with Gasteiger partial charge in [0.2, 0.25) is 15.9 Å². The molecule has 208 valence electrons.